The van der Waals surface area contributed by atoms with E-state index < -0.39 is 35.8 Å². The molecule has 204 valence electrons. The average molecular weight is 527 g/mol. The number of rotatable bonds is 9. The standard InChI is InChI=1S/C30H36F6O/c1-2-3-19-4-8-21(9-5-19)22-12-14-25(15-13-22)30(35,36)18-20-6-10-23(11-7-20)24-16-26(31)28(27(32)17-24)37-29(33)34/h6-7,10-11,16-17,19,21-22,25,29H,2-5,8-9,12-15,18H2,1H3. The molecule has 0 aromatic heterocycles. The van der Waals surface area contributed by atoms with Crippen LogP contribution in [-0.4, -0.2) is 12.5 Å². The molecule has 2 aromatic rings. The van der Waals surface area contributed by atoms with Crippen molar-refractivity contribution in [2.75, 3.05) is 0 Å². The molecule has 0 N–H and O–H groups in total. The molecule has 2 saturated carbocycles. The Kier molecular flexibility index (Phi) is 9.12. The Morgan fingerprint density at radius 1 is 0.811 bits per heavy atom. The number of halogens is 6. The number of ether oxygens (including phenoxy) is 1. The first-order valence-corrected chi connectivity index (χ1v) is 13.6. The van der Waals surface area contributed by atoms with Gasteiger partial charge in [-0.15, -0.1) is 0 Å². The van der Waals surface area contributed by atoms with Crippen molar-refractivity contribution in [3.05, 3.63) is 53.6 Å². The monoisotopic (exact) mass is 526 g/mol. The Balaban J connectivity index is 1.32. The van der Waals surface area contributed by atoms with Crippen LogP contribution in [0.15, 0.2) is 36.4 Å². The van der Waals surface area contributed by atoms with Crippen molar-refractivity contribution in [3.8, 4) is 16.9 Å². The molecular formula is C30H36F6O. The largest absolute Gasteiger partial charge is 0.429 e. The molecule has 1 nitrogen and oxygen atoms in total. The molecule has 2 aromatic carbocycles. The number of hydrogen-bond acceptors (Lipinski definition) is 1. The fraction of sp³-hybridized carbons (Fsp3) is 0.600. The third-order valence-corrected chi connectivity index (χ3v) is 8.56. The summed E-state index contributed by atoms with van der Waals surface area (Å²) in [7, 11) is 0. The van der Waals surface area contributed by atoms with E-state index in [2.05, 4.69) is 11.7 Å². The molecule has 0 unspecified atom stereocenters. The van der Waals surface area contributed by atoms with Crippen LogP contribution >= 0.6 is 0 Å². The van der Waals surface area contributed by atoms with E-state index in [4.69, 9.17) is 0 Å². The summed E-state index contributed by atoms with van der Waals surface area (Å²) in [6, 6.07) is 7.86. The minimum absolute atomic E-state index is 0.108. The summed E-state index contributed by atoms with van der Waals surface area (Å²) in [4.78, 5) is 0. The predicted molar refractivity (Wildman–Crippen MR) is 133 cm³/mol. The number of benzene rings is 2. The van der Waals surface area contributed by atoms with Crippen molar-refractivity contribution in [2.45, 2.75) is 90.1 Å². The second-order valence-corrected chi connectivity index (χ2v) is 11.0. The lowest BCUT2D eigenvalue weighted by atomic mass is 9.67. The lowest BCUT2D eigenvalue weighted by Gasteiger charge is -2.39. The van der Waals surface area contributed by atoms with Gasteiger partial charge in [-0.05, 0) is 85.1 Å². The van der Waals surface area contributed by atoms with Crippen LogP contribution in [0.1, 0.15) is 76.7 Å². The summed E-state index contributed by atoms with van der Waals surface area (Å²) in [5, 5.41) is 0. The molecular weight excluding hydrogens is 490 g/mol. The van der Waals surface area contributed by atoms with Gasteiger partial charge < -0.3 is 4.74 Å². The number of hydrogen-bond donors (Lipinski definition) is 0. The molecule has 7 heteroatoms. The molecule has 0 bridgehead atoms. The second kappa shape index (κ2) is 12.1. The minimum atomic E-state index is -3.35. The van der Waals surface area contributed by atoms with Gasteiger partial charge in [0.15, 0.2) is 17.4 Å². The van der Waals surface area contributed by atoms with Crippen LogP contribution in [0.25, 0.3) is 11.1 Å². The normalized spacial score (nSPS) is 24.9. The highest BCUT2D eigenvalue weighted by Gasteiger charge is 2.42. The summed E-state index contributed by atoms with van der Waals surface area (Å²) in [5.74, 6) is -4.98. The maximum atomic E-state index is 15.2. The molecule has 4 rings (SSSR count). The van der Waals surface area contributed by atoms with E-state index in [1.807, 2.05) is 0 Å². The van der Waals surface area contributed by atoms with Gasteiger partial charge in [0, 0.05) is 12.3 Å². The molecule has 0 aliphatic heterocycles. The number of alkyl halides is 4. The summed E-state index contributed by atoms with van der Waals surface area (Å²) in [5.41, 5.74) is 0.948. The molecule has 0 saturated heterocycles. The van der Waals surface area contributed by atoms with Crippen LogP contribution < -0.4 is 4.74 Å². The predicted octanol–water partition coefficient (Wildman–Crippen LogP) is 9.82. The Bertz CT molecular complexity index is 982. The van der Waals surface area contributed by atoms with Gasteiger partial charge in [0.2, 0.25) is 0 Å². The van der Waals surface area contributed by atoms with E-state index in [1.54, 1.807) is 0 Å². The summed E-state index contributed by atoms with van der Waals surface area (Å²) in [6.07, 6.45) is 10.1. The Labute approximate surface area is 215 Å². The highest BCUT2D eigenvalue weighted by Crippen LogP contribution is 2.46. The average Bonchev–Trinajstić information content (AvgIpc) is 2.87. The van der Waals surface area contributed by atoms with Crippen LogP contribution in [-0.2, 0) is 6.42 Å². The molecule has 0 spiro atoms. The van der Waals surface area contributed by atoms with Crippen LogP contribution in [0.2, 0.25) is 0 Å². The Morgan fingerprint density at radius 2 is 1.35 bits per heavy atom. The van der Waals surface area contributed by atoms with Crippen molar-refractivity contribution >= 4 is 0 Å². The first kappa shape index (κ1) is 27.8. The highest BCUT2D eigenvalue weighted by molar-refractivity contribution is 5.65. The van der Waals surface area contributed by atoms with E-state index in [0.29, 0.717) is 35.8 Å². The van der Waals surface area contributed by atoms with Gasteiger partial charge in [0.1, 0.15) is 0 Å². The van der Waals surface area contributed by atoms with Crippen LogP contribution in [0.4, 0.5) is 26.3 Å². The molecule has 2 aliphatic rings. The first-order valence-electron chi connectivity index (χ1n) is 13.6. The Morgan fingerprint density at radius 3 is 1.86 bits per heavy atom. The lowest BCUT2D eigenvalue weighted by Crippen LogP contribution is -2.35. The van der Waals surface area contributed by atoms with Gasteiger partial charge in [-0.2, -0.15) is 8.78 Å². The summed E-state index contributed by atoms with van der Waals surface area (Å²) in [6.45, 7) is -1.12. The topological polar surface area (TPSA) is 9.23 Å². The van der Waals surface area contributed by atoms with E-state index >= 15 is 8.78 Å². The quantitative estimate of drug-likeness (QED) is 0.296. The first-order chi connectivity index (χ1) is 17.7. The zero-order valence-electron chi connectivity index (χ0n) is 21.3. The zero-order valence-corrected chi connectivity index (χ0v) is 21.3. The van der Waals surface area contributed by atoms with Crippen LogP contribution in [0, 0.1) is 35.3 Å². The second-order valence-electron chi connectivity index (χ2n) is 11.0. The minimum Gasteiger partial charge on any atom is -0.429 e. The SMILES string of the molecule is CCCC1CCC(C2CCC(C(F)(F)Cc3ccc(-c4cc(F)c(OC(F)F)c(F)c4)cc3)CC2)CC1. The Hall–Kier alpha value is -2.18. The van der Waals surface area contributed by atoms with E-state index in [9.17, 15) is 17.6 Å². The third kappa shape index (κ3) is 7.02. The van der Waals surface area contributed by atoms with Gasteiger partial charge in [0.25, 0.3) is 5.92 Å². The fourth-order valence-corrected chi connectivity index (χ4v) is 6.53. The molecule has 0 atom stereocenters. The molecule has 0 radical (unpaired) electrons. The molecule has 37 heavy (non-hydrogen) atoms. The van der Waals surface area contributed by atoms with Crippen molar-refractivity contribution < 1.29 is 31.1 Å². The van der Waals surface area contributed by atoms with E-state index in [-0.39, 0.29) is 12.0 Å². The maximum Gasteiger partial charge on any atom is 0.387 e. The summed E-state index contributed by atoms with van der Waals surface area (Å²) < 4.78 is 87.1. The molecule has 0 heterocycles. The van der Waals surface area contributed by atoms with E-state index in [1.165, 1.54) is 62.8 Å². The van der Waals surface area contributed by atoms with Crippen LogP contribution in [0.3, 0.4) is 0 Å². The molecule has 2 aliphatic carbocycles. The maximum absolute atomic E-state index is 15.2. The van der Waals surface area contributed by atoms with Crippen LogP contribution in [0.5, 0.6) is 5.75 Å². The molecule has 2 fully saturated rings. The van der Waals surface area contributed by atoms with Gasteiger partial charge in [-0.25, -0.2) is 17.6 Å². The van der Waals surface area contributed by atoms with Gasteiger partial charge in [-0.3, -0.25) is 0 Å². The van der Waals surface area contributed by atoms with Gasteiger partial charge in [0.05, 0.1) is 0 Å². The van der Waals surface area contributed by atoms with Gasteiger partial charge in [-0.1, -0.05) is 56.9 Å². The van der Waals surface area contributed by atoms with Crippen molar-refractivity contribution in [2.24, 2.45) is 23.7 Å². The lowest BCUT2D eigenvalue weighted by molar-refractivity contribution is -0.0777. The molecule has 0 amide bonds. The summed E-state index contributed by atoms with van der Waals surface area (Å²) >= 11 is 0. The van der Waals surface area contributed by atoms with Crippen molar-refractivity contribution in [1.82, 2.24) is 0 Å². The third-order valence-electron chi connectivity index (χ3n) is 8.56. The highest BCUT2D eigenvalue weighted by atomic mass is 19.3. The fourth-order valence-electron chi connectivity index (χ4n) is 6.53. The van der Waals surface area contributed by atoms with E-state index in [0.717, 1.165) is 30.9 Å². The van der Waals surface area contributed by atoms with Crippen molar-refractivity contribution in [1.29, 1.82) is 0 Å². The van der Waals surface area contributed by atoms with Gasteiger partial charge >= 0.3 is 6.61 Å². The zero-order chi connectivity index (χ0) is 26.6. The smallest absolute Gasteiger partial charge is 0.387 e. The van der Waals surface area contributed by atoms with Crippen molar-refractivity contribution in [3.63, 3.8) is 0 Å².